The number of hydrogen-bond acceptors (Lipinski definition) is 3. The van der Waals surface area contributed by atoms with Crippen molar-refractivity contribution >= 4 is 18.2 Å². The Balaban J connectivity index is -0.000000824. The molecule has 0 aliphatic heterocycles. The first-order valence-electron chi connectivity index (χ1n) is 19.5. The summed E-state index contributed by atoms with van der Waals surface area (Å²) in [6.45, 7) is 4.54. The Morgan fingerprint density at radius 1 is 0.457 bits per heavy atom. The van der Waals surface area contributed by atoms with Crippen molar-refractivity contribution in [2.75, 3.05) is 0 Å². The monoisotopic (exact) mass is 659 g/mol. The number of rotatable bonds is 35. The molecule has 46 heavy (non-hydrogen) atoms. The van der Waals surface area contributed by atoms with E-state index in [0.717, 1.165) is 31.8 Å². The number of aliphatic carboxylic acids is 2. The van der Waals surface area contributed by atoms with Gasteiger partial charge in [0.15, 0.2) is 0 Å². The van der Waals surface area contributed by atoms with Crippen LogP contribution >= 0.6 is 0 Å². The molecule has 0 radical (unpaired) electrons. The molecular weight excluding hydrogens is 583 g/mol. The third kappa shape index (κ3) is 45.5. The first-order valence-corrected chi connectivity index (χ1v) is 19.5. The van der Waals surface area contributed by atoms with Gasteiger partial charge in [-0.3, -0.25) is 6.29 Å². The summed E-state index contributed by atoms with van der Waals surface area (Å²) in [6, 6.07) is 0. The summed E-state index contributed by atoms with van der Waals surface area (Å²) in [5.74, 6) is -2.30. The summed E-state index contributed by atoms with van der Waals surface area (Å²) < 4.78 is 0. The van der Waals surface area contributed by atoms with Gasteiger partial charge in [-0.15, -0.1) is 0 Å². The van der Waals surface area contributed by atoms with Gasteiger partial charge in [0.2, 0.25) is 0 Å². The number of carboxylic acids is 2. The summed E-state index contributed by atoms with van der Waals surface area (Å²) in [6.07, 6.45) is 44.8. The molecule has 0 amide bonds. The Morgan fingerprint density at radius 3 is 0.957 bits per heavy atom. The van der Waals surface area contributed by atoms with E-state index in [1.807, 2.05) is 6.29 Å². The van der Waals surface area contributed by atoms with Crippen LogP contribution in [0.3, 0.4) is 0 Å². The van der Waals surface area contributed by atoms with Gasteiger partial charge in [-0.1, -0.05) is 206 Å². The Morgan fingerprint density at radius 2 is 0.717 bits per heavy atom. The van der Waals surface area contributed by atoms with Crippen LogP contribution in [0, 0.1) is 0 Å². The zero-order chi connectivity index (χ0) is 33.5. The molecule has 0 rings (SSSR count). The van der Waals surface area contributed by atoms with Crippen LogP contribution in [0.4, 0.5) is 0 Å². The van der Waals surface area contributed by atoms with E-state index in [1.165, 1.54) is 173 Å². The molecule has 0 aliphatic rings. The summed E-state index contributed by atoms with van der Waals surface area (Å²) in [4.78, 5) is 31.5. The number of carboxylic acid groups (broad SMARTS) is 2. The summed E-state index contributed by atoms with van der Waals surface area (Å²) in [5.41, 5.74) is 0.00265. The first-order chi connectivity index (χ1) is 22.0. The Bertz CT molecular complexity index is 664. The third-order valence-corrected chi connectivity index (χ3v) is 8.75. The van der Waals surface area contributed by atoms with Crippen molar-refractivity contribution in [3.8, 4) is 0 Å². The van der Waals surface area contributed by atoms with Crippen LogP contribution < -0.4 is 29.6 Å². The van der Waals surface area contributed by atoms with Crippen molar-refractivity contribution in [3.05, 3.63) is 11.6 Å². The molecule has 0 bridgehead atoms. The van der Waals surface area contributed by atoms with Crippen LogP contribution in [-0.2, 0) is 14.4 Å². The zero-order valence-electron chi connectivity index (χ0n) is 31.0. The SMILES string of the molecule is CCCCCCCCCCCCCCCCCC/C(=C\C(=O)O)C(=O)O.CCCCCCCCCCCCCCCCC[C-]=O.[Na+]. The Kier molecular flexibility index (Phi) is 48.0. The molecule has 0 saturated heterocycles. The van der Waals surface area contributed by atoms with Gasteiger partial charge in [0.05, 0.1) is 0 Å². The molecule has 0 saturated carbocycles. The van der Waals surface area contributed by atoms with Gasteiger partial charge < -0.3 is 15.0 Å². The molecule has 266 valence electrons. The maximum atomic E-state index is 10.9. The molecule has 0 aromatic carbocycles. The van der Waals surface area contributed by atoms with Crippen LogP contribution in [0.5, 0.6) is 0 Å². The molecule has 5 nitrogen and oxygen atoms in total. The van der Waals surface area contributed by atoms with Crippen molar-refractivity contribution in [1.82, 2.24) is 0 Å². The van der Waals surface area contributed by atoms with E-state index in [0.29, 0.717) is 12.8 Å². The van der Waals surface area contributed by atoms with E-state index in [4.69, 9.17) is 10.2 Å². The first kappa shape index (κ1) is 49.7. The second-order valence-electron chi connectivity index (χ2n) is 13.2. The topological polar surface area (TPSA) is 91.7 Å². The molecule has 0 aromatic rings. The van der Waals surface area contributed by atoms with E-state index in [2.05, 4.69) is 13.8 Å². The average Bonchev–Trinajstić information content (AvgIpc) is 3.02. The van der Waals surface area contributed by atoms with E-state index >= 15 is 0 Å². The average molecular weight is 659 g/mol. The summed E-state index contributed by atoms with van der Waals surface area (Å²) in [7, 11) is 0. The normalized spacial score (nSPS) is 11.0. The minimum absolute atomic E-state index is 0. The number of unbranched alkanes of at least 4 members (excludes halogenated alkanes) is 30. The van der Waals surface area contributed by atoms with E-state index in [-0.39, 0.29) is 35.1 Å². The Hall–Kier alpha value is -0.650. The maximum absolute atomic E-state index is 10.9. The maximum Gasteiger partial charge on any atom is 1.00 e. The number of hydrogen-bond donors (Lipinski definition) is 2. The van der Waals surface area contributed by atoms with Crippen LogP contribution in [0.25, 0.3) is 0 Å². The Labute approximate surface area is 308 Å². The fraction of sp³-hybridized carbons (Fsp3) is 0.875. The predicted octanol–water partition coefficient (Wildman–Crippen LogP) is 10.1. The van der Waals surface area contributed by atoms with Gasteiger partial charge >= 0.3 is 41.5 Å². The van der Waals surface area contributed by atoms with Gasteiger partial charge in [-0.2, -0.15) is 6.42 Å². The van der Waals surface area contributed by atoms with Gasteiger partial charge in [0, 0.05) is 11.6 Å². The van der Waals surface area contributed by atoms with E-state index in [9.17, 15) is 14.4 Å². The molecular formula is C40H75NaO5. The standard InChI is InChI=1S/C22H40O4.C18H35O.Na/c1-2-3-4-5-6-7-8-9-10-11-12-13-14-15-16-17-18-20(22(25)26)19-21(23)24;1-2-3-4-5-6-7-8-9-10-11-12-13-14-15-16-17-18-19;/h19H,2-18H2,1H3,(H,23,24)(H,25,26);2-17H2,1H3;/q;-1;+1/b20-19+;;. The third-order valence-electron chi connectivity index (χ3n) is 8.75. The molecule has 0 unspecified atom stereocenters. The minimum atomic E-state index is -1.18. The van der Waals surface area contributed by atoms with Crippen molar-refractivity contribution in [1.29, 1.82) is 0 Å². The van der Waals surface area contributed by atoms with E-state index < -0.39 is 11.9 Å². The summed E-state index contributed by atoms with van der Waals surface area (Å²) in [5, 5.41) is 17.5. The molecule has 6 heteroatoms. The van der Waals surface area contributed by atoms with Crippen LogP contribution in [0.1, 0.15) is 226 Å². The fourth-order valence-electron chi connectivity index (χ4n) is 5.82. The molecule has 0 aliphatic carbocycles. The zero-order valence-corrected chi connectivity index (χ0v) is 33.0. The van der Waals surface area contributed by atoms with Gasteiger partial charge in [0.25, 0.3) is 0 Å². The largest absolute Gasteiger partial charge is 1.00 e. The van der Waals surface area contributed by atoms with Crippen molar-refractivity contribution < 1.29 is 54.2 Å². The van der Waals surface area contributed by atoms with Crippen LogP contribution in [-0.4, -0.2) is 28.4 Å². The number of carbonyl (C=O) groups is 2. The quantitative estimate of drug-likeness (QED) is 0.0306. The second-order valence-corrected chi connectivity index (χ2v) is 13.2. The van der Waals surface area contributed by atoms with Gasteiger partial charge in [0.1, 0.15) is 0 Å². The molecule has 2 N–H and O–H groups in total. The molecule has 0 fully saturated rings. The van der Waals surface area contributed by atoms with E-state index in [1.54, 1.807) is 0 Å². The van der Waals surface area contributed by atoms with Gasteiger partial charge in [-0.25, -0.2) is 9.59 Å². The predicted molar refractivity (Wildman–Crippen MR) is 193 cm³/mol. The smallest absolute Gasteiger partial charge is 0.542 e. The minimum Gasteiger partial charge on any atom is -0.542 e. The van der Waals surface area contributed by atoms with Gasteiger partial charge in [-0.05, 0) is 12.8 Å². The molecule has 0 aromatic heterocycles. The van der Waals surface area contributed by atoms with Crippen molar-refractivity contribution in [2.24, 2.45) is 0 Å². The second kappa shape index (κ2) is 44.4. The van der Waals surface area contributed by atoms with Crippen molar-refractivity contribution in [3.63, 3.8) is 0 Å². The fourth-order valence-corrected chi connectivity index (χ4v) is 5.82. The van der Waals surface area contributed by atoms with Crippen LogP contribution in [0.15, 0.2) is 11.6 Å². The summed E-state index contributed by atoms with van der Waals surface area (Å²) >= 11 is 0. The van der Waals surface area contributed by atoms with Crippen molar-refractivity contribution in [2.45, 2.75) is 226 Å². The molecule has 0 atom stereocenters. The number of carbonyl (C=O) groups excluding carboxylic acids is 1. The van der Waals surface area contributed by atoms with Crippen LogP contribution in [0.2, 0.25) is 0 Å². The molecule has 0 spiro atoms. The molecule has 0 heterocycles.